The fourth-order valence-electron chi connectivity index (χ4n) is 1.35. The van der Waals surface area contributed by atoms with Crippen LogP contribution in [0.5, 0.6) is 11.5 Å². The highest BCUT2D eigenvalue weighted by Crippen LogP contribution is 2.27. The van der Waals surface area contributed by atoms with E-state index in [0.717, 1.165) is 0 Å². The minimum Gasteiger partial charge on any atom is -0.493 e. The number of ether oxygens (including phenoxy) is 1. The van der Waals surface area contributed by atoms with Crippen LogP contribution in [0.15, 0.2) is 41.1 Å². The molecule has 7 heteroatoms. The lowest BCUT2D eigenvalue weighted by Crippen LogP contribution is -2.12. The highest BCUT2D eigenvalue weighted by atomic mass is 32.2. The topological polar surface area (TPSA) is 78.6 Å². The van der Waals surface area contributed by atoms with Gasteiger partial charge in [0.05, 0.1) is 7.11 Å². The number of aromatic nitrogens is 1. The van der Waals surface area contributed by atoms with Crippen LogP contribution >= 0.6 is 0 Å². The maximum atomic E-state index is 11.8. The largest absolute Gasteiger partial charge is 0.493 e. The Hall–Kier alpha value is -2.02. The number of hydrogen-bond acceptors (Lipinski definition) is 6. The first-order valence-corrected chi connectivity index (χ1v) is 6.63. The SMILES string of the molecule is COc1ccccc1OS(=O)(=O)Cc1ccon1. The van der Waals surface area contributed by atoms with Crippen molar-refractivity contribution < 1.29 is 21.9 Å². The zero-order chi connectivity index (χ0) is 13.0. The standard InChI is InChI=1S/C11H11NO5S/c1-15-10-4-2-3-5-11(10)17-18(13,14)8-9-6-7-16-12-9/h2-7H,8H2,1H3. The van der Waals surface area contributed by atoms with Gasteiger partial charge >= 0.3 is 10.1 Å². The van der Waals surface area contributed by atoms with Crippen molar-refractivity contribution in [2.45, 2.75) is 5.75 Å². The molecule has 96 valence electrons. The van der Waals surface area contributed by atoms with Crippen LogP contribution in [0.2, 0.25) is 0 Å². The number of benzene rings is 1. The Morgan fingerprint density at radius 2 is 1.94 bits per heavy atom. The van der Waals surface area contributed by atoms with Crippen molar-refractivity contribution in [1.29, 1.82) is 0 Å². The minimum atomic E-state index is -3.79. The van der Waals surface area contributed by atoms with E-state index in [-0.39, 0.29) is 17.2 Å². The first-order valence-electron chi connectivity index (χ1n) is 5.05. The second-order valence-corrected chi connectivity index (χ2v) is 5.00. The molecule has 0 atom stereocenters. The summed E-state index contributed by atoms with van der Waals surface area (Å²) in [5.74, 6) is 0.131. The van der Waals surface area contributed by atoms with Crippen LogP contribution in [0.4, 0.5) is 0 Å². The zero-order valence-corrected chi connectivity index (χ0v) is 10.4. The van der Waals surface area contributed by atoms with E-state index in [1.807, 2.05) is 0 Å². The Morgan fingerprint density at radius 1 is 1.22 bits per heavy atom. The molecular formula is C11H11NO5S. The molecule has 0 aliphatic rings. The van der Waals surface area contributed by atoms with E-state index < -0.39 is 10.1 Å². The van der Waals surface area contributed by atoms with Crippen LogP contribution in [0, 0.1) is 0 Å². The molecule has 0 amide bonds. The van der Waals surface area contributed by atoms with E-state index in [0.29, 0.717) is 5.75 Å². The van der Waals surface area contributed by atoms with Gasteiger partial charge in [0.15, 0.2) is 11.5 Å². The second kappa shape index (κ2) is 5.09. The monoisotopic (exact) mass is 269 g/mol. The van der Waals surface area contributed by atoms with Gasteiger partial charge in [-0.2, -0.15) is 8.42 Å². The normalized spacial score (nSPS) is 11.2. The van der Waals surface area contributed by atoms with Crippen LogP contribution < -0.4 is 8.92 Å². The lowest BCUT2D eigenvalue weighted by molar-refractivity contribution is 0.389. The highest BCUT2D eigenvalue weighted by molar-refractivity contribution is 7.86. The van der Waals surface area contributed by atoms with Crippen LogP contribution in [0.1, 0.15) is 5.69 Å². The Balaban J connectivity index is 2.17. The first-order chi connectivity index (χ1) is 8.61. The zero-order valence-electron chi connectivity index (χ0n) is 9.57. The van der Waals surface area contributed by atoms with Gasteiger partial charge in [-0.1, -0.05) is 17.3 Å². The average molecular weight is 269 g/mol. The van der Waals surface area contributed by atoms with E-state index in [4.69, 9.17) is 8.92 Å². The maximum Gasteiger partial charge on any atom is 0.315 e. The molecule has 1 aromatic heterocycles. The highest BCUT2D eigenvalue weighted by Gasteiger charge is 2.18. The quantitative estimate of drug-likeness (QED) is 0.767. The van der Waals surface area contributed by atoms with Gasteiger partial charge in [0.25, 0.3) is 0 Å². The number of methoxy groups -OCH3 is 1. The van der Waals surface area contributed by atoms with Gasteiger partial charge in [0.1, 0.15) is 17.7 Å². The molecule has 0 aliphatic carbocycles. The summed E-state index contributed by atoms with van der Waals surface area (Å²) in [6.45, 7) is 0. The Bertz CT molecular complexity index is 606. The van der Waals surface area contributed by atoms with Crippen LogP contribution in [-0.4, -0.2) is 20.7 Å². The molecular weight excluding hydrogens is 258 g/mol. The Morgan fingerprint density at radius 3 is 2.56 bits per heavy atom. The van der Waals surface area contributed by atoms with E-state index in [9.17, 15) is 8.42 Å². The molecule has 0 bridgehead atoms. The van der Waals surface area contributed by atoms with E-state index in [1.54, 1.807) is 18.2 Å². The summed E-state index contributed by atoms with van der Waals surface area (Å²) >= 11 is 0. The van der Waals surface area contributed by atoms with Gasteiger partial charge in [-0.25, -0.2) is 0 Å². The minimum absolute atomic E-state index is 0.142. The second-order valence-electron chi connectivity index (χ2n) is 3.43. The summed E-state index contributed by atoms with van der Waals surface area (Å²) in [7, 11) is -2.36. The smallest absolute Gasteiger partial charge is 0.315 e. The Labute approximate surface area is 104 Å². The molecule has 2 aromatic rings. The van der Waals surface area contributed by atoms with Gasteiger partial charge in [-0.15, -0.1) is 0 Å². The maximum absolute atomic E-state index is 11.8. The molecule has 0 spiro atoms. The average Bonchev–Trinajstić information content (AvgIpc) is 2.81. The van der Waals surface area contributed by atoms with Crippen LogP contribution in [0.25, 0.3) is 0 Å². The molecule has 18 heavy (non-hydrogen) atoms. The fourth-order valence-corrected chi connectivity index (χ4v) is 2.33. The lowest BCUT2D eigenvalue weighted by atomic mass is 10.3. The summed E-state index contributed by atoms with van der Waals surface area (Å²) in [4.78, 5) is 0. The summed E-state index contributed by atoms with van der Waals surface area (Å²) in [6.07, 6.45) is 1.30. The van der Waals surface area contributed by atoms with Crippen molar-refractivity contribution in [2.24, 2.45) is 0 Å². The molecule has 0 radical (unpaired) electrons. The number of hydrogen-bond donors (Lipinski definition) is 0. The molecule has 1 heterocycles. The van der Waals surface area contributed by atoms with Crippen molar-refractivity contribution in [3.63, 3.8) is 0 Å². The van der Waals surface area contributed by atoms with E-state index in [1.165, 1.54) is 25.5 Å². The van der Waals surface area contributed by atoms with E-state index in [2.05, 4.69) is 9.68 Å². The molecule has 1 aromatic carbocycles. The molecule has 0 saturated carbocycles. The van der Waals surface area contributed by atoms with E-state index >= 15 is 0 Å². The van der Waals surface area contributed by atoms with Gasteiger partial charge < -0.3 is 13.4 Å². The molecule has 0 aliphatic heterocycles. The molecule has 0 N–H and O–H groups in total. The summed E-state index contributed by atoms with van der Waals surface area (Å²) in [6, 6.07) is 7.96. The van der Waals surface area contributed by atoms with Crippen molar-refractivity contribution in [3.05, 3.63) is 42.3 Å². The first kappa shape index (κ1) is 12.4. The lowest BCUT2D eigenvalue weighted by Gasteiger charge is -2.09. The van der Waals surface area contributed by atoms with Gasteiger partial charge in [0.2, 0.25) is 0 Å². The van der Waals surface area contributed by atoms with Gasteiger partial charge in [-0.3, -0.25) is 0 Å². The molecule has 0 saturated heterocycles. The third kappa shape index (κ3) is 3.01. The predicted octanol–water partition coefficient (Wildman–Crippen LogP) is 1.59. The van der Waals surface area contributed by atoms with Crippen molar-refractivity contribution >= 4 is 10.1 Å². The van der Waals surface area contributed by atoms with Crippen molar-refractivity contribution in [3.8, 4) is 11.5 Å². The van der Waals surface area contributed by atoms with Crippen molar-refractivity contribution in [2.75, 3.05) is 7.11 Å². The van der Waals surface area contributed by atoms with Crippen molar-refractivity contribution in [1.82, 2.24) is 5.16 Å². The number of rotatable bonds is 5. The molecule has 6 nitrogen and oxygen atoms in total. The van der Waals surface area contributed by atoms with Gasteiger partial charge in [-0.05, 0) is 12.1 Å². The van der Waals surface area contributed by atoms with Crippen LogP contribution in [-0.2, 0) is 15.9 Å². The predicted molar refractivity (Wildman–Crippen MR) is 62.7 cm³/mol. The third-order valence-electron chi connectivity index (χ3n) is 2.10. The Kier molecular flexibility index (Phi) is 3.52. The molecule has 0 fully saturated rings. The third-order valence-corrected chi connectivity index (χ3v) is 3.18. The number of para-hydroxylation sites is 2. The van der Waals surface area contributed by atoms with Crippen LogP contribution in [0.3, 0.4) is 0 Å². The van der Waals surface area contributed by atoms with Gasteiger partial charge in [0, 0.05) is 6.07 Å². The fraction of sp³-hybridized carbons (Fsp3) is 0.182. The molecule has 2 rings (SSSR count). The summed E-state index contributed by atoms with van der Waals surface area (Å²) in [5, 5.41) is 3.52. The summed E-state index contributed by atoms with van der Waals surface area (Å²) < 4.78 is 38.1. The number of nitrogens with zero attached hydrogens (tertiary/aromatic N) is 1. The summed E-state index contributed by atoms with van der Waals surface area (Å²) in [5.41, 5.74) is 0.282. The molecule has 0 unspecified atom stereocenters.